The van der Waals surface area contributed by atoms with Crippen LogP contribution in [0.3, 0.4) is 0 Å². The van der Waals surface area contributed by atoms with Crippen molar-refractivity contribution in [1.82, 2.24) is 10.3 Å². The molecule has 0 bridgehead atoms. The predicted octanol–water partition coefficient (Wildman–Crippen LogP) is 3.90. The molecule has 1 N–H and O–H groups in total. The number of benzene rings is 1. The van der Waals surface area contributed by atoms with Gasteiger partial charge in [0.25, 0.3) is 0 Å². The first kappa shape index (κ1) is 16.3. The smallest absolute Gasteiger partial charge is 0.239 e. The molecule has 0 aliphatic heterocycles. The summed E-state index contributed by atoms with van der Waals surface area (Å²) in [5, 5.41) is 10.2. The summed E-state index contributed by atoms with van der Waals surface area (Å²) in [5.41, 5.74) is 2.50. The molecule has 1 atom stereocenters. The van der Waals surface area contributed by atoms with E-state index in [2.05, 4.69) is 15.6 Å². The monoisotopic (exact) mass is 343 g/mol. The number of anilines is 1. The number of carbonyl (C=O) groups excluding carboxylic acids is 1. The minimum Gasteiger partial charge on any atom is -0.356 e. The first-order valence-corrected chi connectivity index (χ1v) is 8.53. The van der Waals surface area contributed by atoms with Crippen LogP contribution in [0.4, 0.5) is 5.88 Å². The number of hydrogen-bond donors (Lipinski definition) is 1. The molecule has 0 spiro atoms. The van der Waals surface area contributed by atoms with Crippen LogP contribution in [0.15, 0.2) is 51.5 Å². The highest BCUT2D eigenvalue weighted by Crippen LogP contribution is 2.24. The Morgan fingerprint density at radius 3 is 2.71 bits per heavy atom. The first-order chi connectivity index (χ1) is 11.6. The Bertz CT molecular complexity index is 813. The summed E-state index contributed by atoms with van der Waals surface area (Å²) >= 11 is 1.48. The first-order valence-electron chi connectivity index (χ1n) is 7.48. The number of hydrogen-bond acceptors (Lipinski definition) is 6. The zero-order valence-electron chi connectivity index (χ0n) is 13.4. The van der Waals surface area contributed by atoms with E-state index >= 15 is 0 Å². The maximum absolute atomic E-state index is 12.1. The van der Waals surface area contributed by atoms with E-state index in [1.165, 1.54) is 11.8 Å². The lowest BCUT2D eigenvalue weighted by Gasteiger charge is -2.08. The Balaban J connectivity index is 1.53. The topological polar surface area (TPSA) is 81.2 Å². The van der Waals surface area contributed by atoms with Crippen molar-refractivity contribution in [2.45, 2.75) is 24.9 Å². The Hall–Kier alpha value is -2.54. The zero-order valence-corrected chi connectivity index (χ0v) is 14.2. The molecule has 0 aliphatic carbocycles. The van der Waals surface area contributed by atoms with Crippen LogP contribution in [0.5, 0.6) is 0 Å². The molecule has 0 fully saturated rings. The van der Waals surface area contributed by atoms with Crippen LogP contribution in [0.1, 0.15) is 18.3 Å². The van der Waals surface area contributed by atoms with Gasteiger partial charge in [-0.15, -0.1) is 11.8 Å². The molecule has 124 valence electrons. The van der Waals surface area contributed by atoms with Crippen molar-refractivity contribution in [2.24, 2.45) is 0 Å². The van der Waals surface area contributed by atoms with Crippen LogP contribution < -0.4 is 5.32 Å². The van der Waals surface area contributed by atoms with Gasteiger partial charge in [0.15, 0.2) is 5.76 Å². The Kier molecular flexibility index (Phi) is 5.00. The van der Waals surface area contributed by atoms with Gasteiger partial charge in [0.05, 0.1) is 16.6 Å². The number of rotatable bonds is 6. The fourth-order valence-electron chi connectivity index (χ4n) is 2.05. The molecule has 3 aromatic rings. The van der Waals surface area contributed by atoms with E-state index in [1.54, 1.807) is 13.0 Å². The Morgan fingerprint density at radius 2 is 2.00 bits per heavy atom. The molecule has 1 unspecified atom stereocenters. The van der Waals surface area contributed by atoms with Crippen molar-refractivity contribution in [3.8, 4) is 11.3 Å². The van der Waals surface area contributed by atoms with Gasteiger partial charge in [0.2, 0.25) is 11.8 Å². The average Bonchev–Trinajstić information content (AvgIpc) is 3.22. The predicted molar refractivity (Wildman–Crippen MR) is 92.6 cm³/mol. The van der Waals surface area contributed by atoms with Crippen molar-refractivity contribution in [2.75, 3.05) is 5.32 Å². The van der Waals surface area contributed by atoms with Gasteiger partial charge in [-0.05, 0) is 13.8 Å². The third-order valence-corrected chi connectivity index (χ3v) is 4.52. The second kappa shape index (κ2) is 7.35. The van der Waals surface area contributed by atoms with Crippen LogP contribution >= 0.6 is 11.8 Å². The van der Waals surface area contributed by atoms with E-state index in [4.69, 9.17) is 9.05 Å². The van der Waals surface area contributed by atoms with E-state index in [-0.39, 0.29) is 11.2 Å². The number of aromatic nitrogens is 2. The highest BCUT2D eigenvalue weighted by Gasteiger charge is 2.16. The summed E-state index contributed by atoms with van der Waals surface area (Å²) in [6.07, 6.45) is 0. The number of aryl methyl sites for hydroxylation is 1. The van der Waals surface area contributed by atoms with E-state index in [9.17, 15) is 4.79 Å². The van der Waals surface area contributed by atoms with E-state index < -0.39 is 0 Å². The molecule has 2 heterocycles. The zero-order chi connectivity index (χ0) is 16.9. The fourth-order valence-corrected chi connectivity index (χ4v) is 2.82. The summed E-state index contributed by atoms with van der Waals surface area (Å²) in [6, 6.07) is 13.4. The van der Waals surface area contributed by atoms with Crippen molar-refractivity contribution >= 4 is 23.6 Å². The third kappa shape index (κ3) is 4.05. The molecule has 1 amide bonds. The second-order valence-corrected chi connectivity index (χ2v) is 6.65. The second-order valence-electron chi connectivity index (χ2n) is 5.32. The normalized spacial score (nSPS) is 12.1. The molecular weight excluding hydrogens is 326 g/mol. The highest BCUT2D eigenvalue weighted by atomic mass is 32.2. The van der Waals surface area contributed by atoms with Crippen molar-refractivity contribution in [3.05, 3.63) is 53.9 Å². The molecular formula is C17H17N3O3S. The molecule has 2 aromatic heterocycles. The molecule has 3 rings (SSSR count). The minimum absolute atomic E-state index is 0.136. The molecule has 7 heteroatoms. The Morgan fingerprint density at radius 1 is 1.21 bits per heavy atom. The standard InChI is InChI=1S/C17H17N3O3S/c1-11-8-16(23-19-11)18-17(21)12(2)24-10-14-9-15(22-20-14)13-6-4-3-5-7-13/h3-9,12H,10H2,1-2H3,(H,18,21). The number of thioether (sulfide) groups is 1. The fraction of sp³-hybridized carbons (Fsp3) is 0.235. The van der Waals surface area contributed by atoms with Gasteiger partial charge in [-0.3, -0.25) is 10.1 Å². The van der Waals surface area contributed by atoms with Crippen molar-refractivity contribution in [3.63, 3.8) is 0 Å². The number of carbonyl (C=O) groups is 1. The van der Waals surface area contributed by atoms with Gasteiger partial charge in [-0.1, -0.05) is 40.6 Å². The molecule has 1 aromatic carbocycles. The number of nitrogens with one attached hydrogen (secondary N) is 1. The number of nitrogens with zero attached hydrogens (tertiary/aromatic N) is 2. The SMILES string of the molecule is Cc1cc(NC(=O)C(C)SCc2cc(-c3ccccc3)on2)on1. The molecule has 0 saturated carbocycles. The van der Waals surface area contributed by atoms with Gasteiger partial charge < -0.3 is 9.05 Å². The third-order valence-electron chi connectivity index (χ3n) is 3.34. The molecule has 6 nitrogen and oxygen atoms in total. The molecule has 0 saturated heterocycles. The van der Waals surface area contributed by atoms with Crippen LogP contribution in [0.2, 0.25) is 0 Å². The minimum atomic E-state index is -0.257. The molecule has 0 radical (unpaired) electrons. The number of amides is 1. The van der Waals surface area contributed by atoms with Gasteiger partial charge in [-0.25, -0.2) is 0 Å². The summed E-state index contributed by atoms with van der Waals surface area (Å²) in [4.78, 5) is 12.1. The Labute approximate surface area is 143 Å². The summed E-state index contributed by atoms with van der Waals surface area (Å²) in [7, 11) is 0. The molecule has 24 heavy (non-hydrogen) atoms. The quantitative estimate of drug-likeness (QED) is 0.731. The van der Waals surface area contributed by atoms with E-state index in [0.29, 0.717) is 11.6 Å². The van der Waals surface area contributed by atoms with Crippen LogP contribution in [0, 0.1) is 6.92 Å². The van der Waals surface area contributed by atoms with E-state index in [0.717, 1.165) is 22.7 Å². The summed E-state index contributed by atoms with van der Waals surface area (Å²) in [6.45, 7) is 3.63. The largest absolute Gasteiger partial charge is 0.356 e. The summed E-state index contributed by atoms with van der Waals surface area (Å²) < 4.78 is 10.3. The maximum Gasteiger partial charge on any atom is 0.239 e. The van der Waals surface area contributed by atoms with Crippen LogP contribution in [-0.2, 0) is 10.5 Å². The van der Waals surface area contributed by atoms with Crippen molar-refractivity contribution < 1.29 is 13.8 Å². The molecule has 0 aliphatic rings. The maximum atomic E-state index is 12.1. The highest BCUT2D eigenvalue weighted by molar-refractivity contribution is 7.99. The van der Waals surface area contributed by atoms with Gasteiger partial charge >= 0.3 is 0 Å². The average molecular weight is 343 g/mol. The van der Waals surface area contributed by atoms with Crippen LogP contribution in [0.25, 0.3) is 11.3 Å². The summed E-state index contributed by atoms with van der Waals surface area (Å²) in [5.74, 6) is 1.53. The van der Waals surface area contributed by atoms with Gasteiger partial charge in [0, 0.05) is 23.4 Å². The van der Waals surface area contributed by atoms with Crippen molar-refractivity contribution in [1.29, 1.82) is 0 Å². The lowest BCUT2D eigenvalue weighted by atomic mass is 10.2. The lowest BCUT2D eigenvalue weighted by Crippen LogP contribution is -2.22. The van der Waals surface area contributed by atoms with Crippen LogP contribution in [-0.4, -0.2) is 21.5 Å². The lowest BCUT2D eigenvalue weighted by molar-refractivity contribution is -0.115. The van der Waals surface area contributed by atoms with E-state index in [1.807, 2.05) is 43.3 Å². The van der Waals surface area contributed by atoms with Gasteiger partial charge in [-0.2, -0.15) is 0 Å². The van der Waals surface area contributed by atoms with Gasteiger partial charge in [0.1, 0.15) is 0 Å².